The Kier molecular flexibility index (Phi) is 5.30. The highest BCUT2D eigenvalue weighted by molar-refractivity contribution is 5.68. The summed E-state index contributed by atoms with van der Waals surface area (Å²) in [6, 6.07) is 5.13. The van der Waals surface area contributed by atoms with Gasteiger partial charge in [-0.2, -0.15) is 0 Å². The fourth-order valence-corrected chi connectivity index (χ4v) is 3.16. The Bertz CT molecular complexity index is 569. The van der Waals surface area contributed by atoms with E-state index in [2.05, 4.69) is 5.32 Å². The molecule has 1 N–H and O–H groups in total. The van der Waals surface area contributed by atoms with Crippen molar-refractivity contribution in [3.8, 4) is 0 Å². The minimum Gasteiger partial charge on any atom is -0.444 e. The molecule has 0 aliphatic carbocycles. The Labute approximate surface area is 138 Å². The van der Waals surface area contributed by atoms with E-state index in [1.165, 1.54) is 6.07 Å². The van der Waals surface area contributed by atoms with Crippen LogP contribution in [-0.2, 0) is 4.74 Å². The minimum atomic E-state index is -0.502. The van der Waals surface area contributed by atoms with Gasteiger partial charge in [-0.3, -0.25) is 0 Å². The first-order valence-corrected chi connectivity index (χ1v) is 8.12. The summed E-state index contributed by atoms with van der Waals surface area (Å²) in [4.78, 5) is 14.1. The molecule has 1 fully saturated rings. The van der Waals surface area contributed by atoms with Crippen LogP contribution in [0.2, 0.25) is 0 Å². The van der Waals surface area contributed by atoms with E-state index in [4.69, 9.17) is 4.74 Å². The van der Waals surface area contributed by atoms with Gasteiger partial charge in [0, 0.05) is 25.0 Å². The summed E-state index contributed by atoms with van der Waals surface area (Å²) >= 11 is 0. The molecular weight excluding hydrogens is 295 g/mol. The van der Waals surface area contributed by atoms with Crippen LogP contribution in [0.3, 0.4) is 0 Å². The van der Waals surface area contributed by atoms with Gasteiger partial charge in [0.1, 0.15) is 11.4 Å². The predicted molar refractivity (Wildman–Crippen MR) is 89.1 cm³/mol. The molecule has 23 heavy (non-hydrogen) atoms. The Morgan fingerprint density at radius 3 is 2.65 bits per heavy atom. The van der Waals surface area contributed by atoms with Crippen LogP contribution in [0.5, 0.6) is 0 Å². The first kappa shape index (κ1) is 17.7. The van der Waals surface area contributed by atoms with E-state index in [0.717, 1.165) is 17.5 Å². The Morgan fingerprint density at radius 1 is 1.39 bits per heavy atom. The van der Waals surface area contributed by atoms with E-state index in [0.29, 0.717) is 13.1 Å². The minimum absolute atomic E-state index is 0.127. The third kappa shape index (κ3) is 4.44. The van der Waals surface area contributed by atoms with E-state index in [1.54, 1.807) is 11.0 Å². The SMILES string of the molecule is CN[C@H]1CCN(C(=O)OC(C)(C)C)C[C@@H]1c1ccc(F)cc1C. The average molecular weight is 322 g/mol. The third-order valence-corrected chi connectivity index (χ3v) is 4.27. The molecule has 5 heteroatoms. The van der Waals surface area contributed by atoms with Gasteiger partial charge in [0.05, 0.1) is 0 Å². The number of carbonyl (C=O) groups is 1. The van der Waals surface area contributed by atoms with Crippen LogP contribution in [0.1, 0.15) is 44.2 Å². The number of hydrogen-bond acceptors (Lipinski definition) is 3. The van der Waals surface area contributed by atoms with Crippen LogP contribution in [0, 0.1) is 12.7 Å². The van der Waals surface area contributed by atoms with Crippen molar-refractivity contribution in [2.45, 2.75) is 51.7 Å². The lowest BCUT2D eigenvalue weighted by Crippen LogP contribution is -2.50. The zero-order valence-electron chi connectivity index (χ0n) is 14.6. The molecule has 1 aromatic rings. The molecule has 1 aromatic carbocycles. The van der Waals surface area contributed by atoms with Crippen molar-refractivity contribution in [2.75, 3.05) is 20.1 Å². The summed E-state index contributed by atoms with van der Waals surface area (Å²) in [5.41, 5.74) is 1.50. The molecule has 1 aliphatic heterocycles. The lowest BCUT2D eigenvalue weighted by atomic mass is 9.84. The van der Waals surface area contributed by atoms with Gasteiger partial charge in [-0.15, -0.1) is 0 Å². The van der Waals surface area contributed by atoms with Gasteiger partial charge in [-0.05, 0) is 64.4 Å². The molecule has 1 saturated heterocycles. The molecule has 0 radical (unpaired) electrons. The molecule has 2 rings (SSSR count). The average Bonchev–Trinajstić information content (AvgIpc) is 2.45. The van der Waals surface area contributed by atoms with Gasteiger partial charge < -0.3 is 15.0 Å². The molecule has 4 nitrogen and oxygen atoms in total. The molecule has 0 aromatic heterocycles. The number of halogens is 1. The number of piperidine rings is 1. The number of rotatable bonds is 2. The number of nitrogens with one attached hydrogen (secondary N) is 1. The highest BCUT2D eigenvalue weighted by Crippen LogP contribution is 2.30. The van der Waals surface area contributed by atoms with Crippen LogP contribution in [-0.4, -0.2) is 42.8 Å². The molecule has 1 heterocycles. The number of ether oxygens (including phenoxy) is 1. The van der Waals surface area contributed by atoms with Crippen molar-refractivity contribution in [3.05, 3.63) is 35.1 Å². The molecule has 0 spiro atoms. The lowest BCUT2D eigenvalue weighted by molar-refractivity contribution is 0.0177. The van der Waals surface area contributed by atoms with E-state index < -0.39 is 5.60 Å². The van der Waals surface area contributed by atoms with Crippen molar-refractivity contribution >= 4 is 6.09 Å². The normalized spacial score (nSPS) is 22.1. The van der Waals surface area contributed by atoms with E-state index >= 15 is 0 Å². The van der Waals surface area contributed by atoms with Crippen molar-refractivity contribution in [3.63, 3.8) is 0 Å². The first-order valence-electron chi connectivity index (χ1n) is 8.12. The topological polar surface area (TPSA) is 41.6 Å². The number of likely N-dealkylation sites (tertiary alicyclic amines) is 1. The molecular formula is C18H27FN2O2. The smallest absolute Gasteiger partial charge is 0.410 e. The zero-order valence-corrected chi connectivity index (χ0v) is 14.6. The fraction of sp³-hybridized carbons (Fsp3) is 0.611. The van der Waals surface area contributed by atoms with Gasteiger partial charge in [0.25, 0.3) is 0 Å². The highest BCUT2D eigenvalue weighted by Gasteiger charge is 2.34. The van der Waals surface area contributed by atoms with Crippen LogP contribution in [0.4, 0.5) is 9.18 Å². The monoisotopic (exact) mass is 322 g/mol. The molecule has 128 valence electrons. The first-order chi connectivity index (χ1) is 10.7. The second kappa shape index (κ2) is 6.87. The van der Waals surface area contributed by atoms with Gasteiger partial charge >= 0.3 is 6.09 Å². The highest BCUT2D eigenvalue weighted by atomic mass is 19.1. The molecule has 0 saturated carbocycles. The zero-order chi connectivity index (χ0) is 17.2. The fourth-order valence-electron chi connectivity index (χ4n) is 3.16. The van der Waals surface area contributed by atoms with Crippen LogP contribution in [0.25, 0.3) is 0 Å². The van der Waals surface area contributed by atoms with Gasteiger partial charge in [0.15, 0.2) is 0 Å². The Morgan fingerprint density at radius 2 is 2.09 bits per heavy atom. The van der Waals surface area contributed by atoms with Gasteiger partial charge in [-0.1, -0.05) is 6.07 Å². The summed E-state index contributed by atoms with van der Waals surface area (Å²) < 4.78 is 18.9. The van der Waals surface area contributed by atoms with E-state index in [9.17, 15) is 9.18 Å². The second-order valence-electron chi connectivity index (χ2n) is 7.22. The maximum absolute atomic E-state index is 13.4. The number of likely N-dealkylation sites (N-methyl/N-ethyl adjacent to an activating group) is 1. The summed E-state index contributed by atoms with van der Waals surface area (Å²) in [6.07, 6.45) is 0.564. The quantitative estimate of drug-likeness (QED) is 0.907. The number of amides is 1. The molecule has 2 atom stereocenters. The Hall–Kier alpha value is -1.62. The summed E-state index contributed by atoms with van der Waals surface area (Å²) in [6.45, 7) is 8.76. The van der Waals surface area contributed by atoms with Crippen molar-refractivity contribution in [2.24, 2.45) is 0 Å². The molecule has 1 aliphatic rings. The van der Waals surface area contributed by atoms with E-state index in [1.807, 2.05) is 40.8 Å². The third-order valence-electron chi connectivity index (χ3n) is 4.27. The Balaban J connectivity index is 2.20. The lowest BCUT2D eigenvalue weighted by Gasteiger charge is -2.39. The summed E-state index contributed by atoms with van der Waals surface area (Å²) in [7, 11) is 1.93. The van der Waals surface area contributed by atoms with Crippen LogP contribution >= 0.6 is 0 Å². The molecule has 0 bridgehead atoms. The van der Waals surface area contributed by atoms with Gasteiger partial charge in [-0.25, -0.2) is 9.18 Å². The number of aryl methyl sites for hydroxylation is 1. The predicted octanol–water partition coefficient (Wildman–Crippen LogP) is 3.45. The maximum Gasteiger partial charge on any atom is 0.410 e. The van der Waals surface area contributed by atoms with Crippen molar-refractivity contribution in [1.82, 2.24) is 10.2 Å². The largest absolute Gasteiger partial charge is 0.444 e. The van der Waals surface area contributed by atoms with Gasteiger partial charge in [0.2, 0.25) is 0 Å². The molecule has 0 unspecified atom stereocenters. The van der Waals surface area contributed by atoms with Crippen molar-refractivity contribution < 1.29 is 13.9 Å². The number of benzene rings is 1. The summed E-state index contributed by atoms with van der Waals surface area (Å²) in [5.74, 6) is -0.103. The molecule has 1 amide bonds. The number of carbonyl (C=O) groups excluding carboxylic acids is 1. The van der Waals surface area contributed by atoms with Crippen molar-refractivity contribution in [1.29, 1.82) is 0 Å². The van der Waals surface area contributed by atoms with Crippen LogP contribution in [0.15, 0.2) is 18.2 Å². The number of hydrogen-bond donors (Lipinski definition) is 1. The summed E-state index contributed by atoms with van der Waals surface area (Å²) in [5, 5.41) is 3.33. The van der Waals surface area contributed by atoms with E-state index in [-0.39, 0.29) is 23.9 Å². The standard InChI is InChI=1S/C18H27FN2O2/c1-12-10-13(19)6-7-14(12)15-11-21(9-8-16(15)20-5)17(22)23-18(2,3)4/h6-7,10,15-16,20H,8-9,11H2,1-5H3/t15-,16+/m1/s1. The second-order valence-corrected chi connectivity index (χ2v) is 7.22. The number of nitrogens with zero attached hydrogens (tertiary/aromatic N) is 1. The van der Waals surface area contributed by atoms with Crippen LogP contribution < -0.4 is 5.32 Å². The maximum atomic E-state index is 13.4.